The Morgan fingerprint density at radius 3 is 2.42 bits per heavy atom. The van der Waals surface area contributed by atoms with Crippen LogP contribution < -0.4 is 9.47 Å². The lowest BCUT2D eigenvalue weighted by Crippen LogP contribution is -2.00. The number of rotatable bonds is 5. The van der Waals surface area contributed by atoms with Crippen LogP contribution in [0, 0.1) is 11.6 Å². The fourth-order valence-corrected chi connectivity index (χ4v) is 2.01. The van der Waals surface area contributed by atoms with Crippen molar-refractivity contribution in [3.63, 3.8) is 0 Å². The Bertz CT molecular complexity index is 815. The van der Waals surface area contributed by atoms with E-state index in [1.807, 2.05) is 0 Å². The van der Waals surface area contributed by atoms with E-state index >= 15 is 0 Å². The summed E-state index contributed by atoms with van der Waals surface area (Å²) in [6.07, 6.45) is 1.98. The fraction of sp³-hybridized carbons (Fsp3) is 0.118. The van der Waals surface area contributed by atoms with E-state index in [2.05, 4.69) is 0 Å². The lowest BCUT2D eigenvalue weighted by molar-refractivity contribution is 0.104. The number of hydrogen-bond acceptors (Lipinski definition) is 5. The van der Waals surface area contributed by atoms with E-state index < -0.39 is 34.5 Å². The molecule has 0 fully saturated rings. The summed E-state index contributed by atoms with van der Waals surface area (Å²) >= 11 is 0. The predicted molar refractivity (Wildman–Crippen MR) is 82.6 cm³/mol. The van der Waals surface area contributed by atoms with E-state index in [-0.39, 0.29) is 11.3 Å². The molecule has 0 amide bonds. The predicted octanol–water partition coefficient (Wildman–Crippen LogP) is 3.29. The third-order valence-corrected chi connectivity index (χ3v) is 3.28. The molecule has 0 atom stereocenters. The van der Waals surface area contributed by atoms with Crippen molar-refractivity contribution in [3.05, 3.63) is 53.1 Å². The van der Waals surface area contributed by atoms with Gasteiger partial charge in [0.15, 0.2) is 23.1 Å². The molecule has 0 saturated heterocycles. The molecule has 2 aromatic rings. The quantitative estimate of drug-likeness (QED) is 0.498. The first kappa shape index (κ1) is 17.3. The summed E-state index contributed by atoms with van der Waals surface area (Å²) in [4.78, 5) is 12.3. The molecule has 0 aliphatic carbocycles. The monoisotopic (exact) mass is 336 g/mol. The normalized spacial score (nSPS) is 10.8. The van der Waals surface area contributed by atoms with Gasteiger partial charge in [0, 0.05) is 5.56 Å². The van der Waals surface area contributed by atoms with Gasteiger partial charge in [0.1, 0.15) is 11.5 Å². The van der Waals surface area contributed by atoms with Gasteiger partial charge in [0.05, 0.1) is 19.8 Å². The molecule has 0 bridgehead atoms. The second kappa shape index (κ2) is 6.99. The number of phenolic OH excluding ortho intramolecular Hbond substituents is 2. The molecular formula is C17H14F2O5. The summed E-state index contributed by atoms with van der Waals surface area (Å²) in [7, 11) is 2.82. The smallest absolute Gasteiger partial charge is 0.204 e. The molecule has 0 unspecified atom stereocenters. The lowest BCUT2D eigenvalue weighted by atomic mass is 10.1. The Morgan fingerprint density at radius 2 is 1.79 bits per heavy atom. The average molecular weight is 336 g/mol. The van der Waals surface area contributed by atoms with Crippen LogP contribution in [-0.4, -0.2) is 30.2 Å². The lowest BCUT2D eigenvalue weighted by Gasteiger charge is -2.08. The van der Waals surface area contributed by atoms with Gasteiger partial charge in [-0.3, -0.25) is 4.79 Å². The summed E-state index contributed by atoms with van der Waals surface area (Å²) in [5, 5.41) is 18.4. The standard InChI is InChI=1S/C17H14F2O5/c1-23-10-4-6-14(24-2)11(8-10)12(20)5-3-9-7-13(21)17(22)16(19)15(9)18/h3-8,21-22H,1-2H3. The highest BCUT2D eigenvalue weighted by atomic mass is 19.2. The molecule has 2 rings (SSSR count). The molecule has 7 heteroatoms. The first-order chi connectivity index (χ1) is 11.4. The van der Waals surface area contributed by atoms with Gasteiger partial charge in [0.2, 0.25) is 5.82 Å². The van der Waals surface area contributed by atoms with Crippen molar-refractivity contribution in [2.75, 3.05) is 14.2 Å². The van der Waals surface area contributed by atoms with Gasteiger partial charge in [-0.15, -0.1) is 0 Å². The molecule has 0 aromatic heterocycles. The fourth-order valence-electron chi connectivity index (χ4n) is 2.01. The summed E-state index contributed by atoms with van der Waals surface area (Å²) in [5.74, 6) is -4.84. The maximum Gasteiger partial charge on any atom is 0.204 e. The van der Waals surface area contributed by atoms with Crippen LogP contribution >= 0.6 is 0 Å². The summed E-state index contributed by atoms with van der Waals surface area (Å²) < 4.78 is 37.2. The van der Waals surface area contributed by atoms with Crippen molar-refractivity contribution in [2.24, 2.45) is 0 Å². The number of halogens is 2. The van der Waals surface area contributed by atoms with E-state index in [4.69, 9.17) is 14.6 Å². The minimum Gasteiger partial charge on any atom is -0.504 e. The van der Waals surface area contributed by atoms with Crippen LogP contribution in [-0.2, 0) is 0 Å². The Kier molecular flexibility index (Phi) is 5.03. The van der Waals surface area contributed by atoms with Gasteiger partial charge in [-0.2, -0.15) is 4.39 Å². The van der Waals surface area contributed by atoms with Crippen molar-refractivity contribution in [1.82, 2.24) is 0 Å². The van der Waals surface area contributed by atoms with Gasteiger partial charge in [-0.1, -0.05) is 0 Å². The Hall–Kier alpha value is -3.09. The zero-order valence-corrected chi connectivity index (χ0v) is 12.8. The molecule has 2 aromatic carbocycles. The molecular weight excluding hydrogens is 322 g/mol. The molecule has 0 radical (unpaired) electrons. The molecule has 0 aliphatic rings. The van der Waals surface area contributed by atoms with Crippen molar-refractivity contribution in [2.45, 2.75) is 0 Å². The van der Waals surface area contributed by atoms with Crippen molar-refractivity contribution < 1.29 is 33.3 Å². The van der Waals surface area contributed by atoms with Crippen molar-refractivity contribution in [3.8, 4) is 23.0 Å². The van der Waals surface area contributed by atoms with E-state index in [0.29, 0.717) is 5.75 Å². The number of benzene rings is 2. The second-order valence-electron chi connectivity index (χ2n) is 4.73. The molecule has 5 nitrogen and oxygen atoms in total. The highest BCUT2D eigenvalue weighted by Gasteiger charge is 2.17. The topological polar surface area (TPSA) is 76.0 Å². The highest BCUT2D eigenvalue weighted by molar-refractivity contribution is 6.09. The van der Waals surface area contributed by atoms with Crippen LogP contribution in [0.3, 0.4) is 0 Å². The first-order valence-electron chi connectivity index (χ1n) is 6.73. The van der Waals surface area contributed by atoms with Crippen LogP contribution in [0.2, 0.25) is 0 Å². The van der Waals surface area contributed by atoms with Crippen LogP contribution in [0.1, 0.15) is 15.9 Å². The molecule has 0 heterocycles. The molecule has 0 aliphatic heterocycles. The summed E-state index contributed by atoms with van der Waals surface area (Å²) in [5.41, 5.74) is -0.227. The Balaban J connectivity index is 2.38. The van der Waals surface area contributed by atoms with Gasteiger partial charge in [-0.05, 0) is 36.4 Å². The average Bonchev–Trinajstić information content (AvgIpc) is 2.60. The zero-order chi connectivity index (χ0) is 17.9. The minimum absolute atomic E-state index is 0.164. The van der Waals surface area contributed by atoms with E-state index in [1.54, 1.807) is 6.07 Å². The molecule has 0 spiro atoms. The van der Waals surface area contributed by atoms with Crippen molar-refractivity contribution >= 4 is 11.9 Å². The van der Waals surface area contributed by atoms with E-state index in [0.717, 1.165) is 18.2 Å². The number of hydrogen-bond donors (Lipinski definition) is 2. The number of ether oxygens (including phenoxy) is 2. The van der Waals surface area contributed by atoms with E-state index in [9.17, 15) is 18.7 Å². The second-order valence-corrected chi connectivity index (χ2v) is 4.73. The van der Waals surface area contributed by atoms with Gasteiger partial charge < -0.3 is 19.7 Å². The number of methoxy groups -OCH3 is 2. The molecule has 0 saturated carbocycles. The van der Waals surface area contributed by atoms with Crippen LogP contribution in [0.25, 0.3) is 6.08 Å². The Labute approximate surface area is 136 Å². The molecule has 2 N–H and O–H groups in total. The van der Waals surface area contributed by atoms with Gasteiger partial charge >= 0.3 is 0 Å². The number of ketones is 1. The number of carbonyl (C=O) groups excluding carboxylic acids is 1. The number of allylic oxidation sites excluding steroid dienone is 1. The molecule has 126 valence electrons. The zero-order valence-electron chi connectivity index (χ0n) is 12.8. The largest absolute Gasteiger partial charge is 0.504 e. The van der Waals surface area contributed by atoms with Gasteiger partial charge in [-0.25, -0.2) is 4.39 Å². The minimum atomic E-state index is -1.60. The Morgan fingerprint density at radius 1 is 1.08 bits per heavy atom. The first-order valence-corrected chi connectivity index (χ1v) is 6.73. The highest BCUT2D eigenvalue weighted by Crippen LogP contribution is 2.32. The number of phenols is 2. The van der Waals surface area contributed by atoms with Crippen LogP contribution in [0.4, 0.5) is 8.78 Å². The maximum atomic E-state index is 13.7. The van der Waals surface area contributed by atoms with Crippen LogP contribution in [0.15, 0.2) is 30.3 Å². The molecule has 24 heavy (non-hydrogen) atoms. The summed E-state index contributed by atoms with van der Waals surface area (Å²) in [6, 6.07) is 5.38. The summed E-state index contributed by atoms with van der Waals surface area (Å²) in [6.45, 7) is 0. The SMILES string of the molecule is COc1ccc(OC)c(C(=O)C=Cc2cc(O)c(O)c(F)c2F)c1. The third kappa shape index (κ3) is 3.29. The van der Waals surface area contributed by atoms with Gasteiger partial charge in [0.25, 0.3) is 0 Å². The van der Waals surface area contributed by atoms with Crippen LogP contribution in [0.5, 0.6) is 23.0 Å². The van der Waals surface area contributed by atoms with Crippen molar-refractivity contribution in [1.29, 1.82) is 0 Å². The third-order valence-electron chi connectivity index (χ3n) is 3.28. The van der Waals surface area contributed by atoms with E-state index in [1.165, 1.54) is 26.4 Å². The number of carbonyl (C=O) groups is 1. The number of aromatic hydroxyl groups is 2. The maximum absolute atomic E-state index is 13.7.